The van der Waals surface area contributed by atoms with E-state index < -0.39 is 35.8 Å². The number of amides is 2. The Morgan fingerprint density at radius 1 is 1.18 bits per heavy atom. The molecule has 7 heteroatoms. The van der Waals surface area contributed by atoms with E-state index in [2.05, 4.69) is 10.6 Å². The highest BCUT2D eigenvalue weighted by atomic mass is 16.4. The third kappa shape index (κ3) is 6.52. The zero-order valence-electron chi connectivity index (χ0n) is 10.2. The average Bonchev–Trinajstić information content (AvgIpc) is 2.20. The molecule has 0 fully saturated rings. The van der Waals surface area contributed by atoms with Gasteiger partial charge in [-0.15, -0.1) is 0 Å². The topological polar surface area (TPSA) is 122 Å². The van der Waals surface area contributed by atoms with Crippen LogP contribution in [0.5, 0.6) is 0 Å². The minimum absolute atomic E-state index is 0.282. The third-order valence-electron chi connectivity index (χ3n) is 2.08. The first kappa shape index (κ1) is 15.4. The van der Waals surface area contributed by atoms with E-state index in [1.807, 2.05) is 20.8 Å². The van der Waals surface area contributed by atoms with Crippen molar-refractivity contribution in [2.24, 2.45) is 11.1 Å². The van der Waals surface area contributed by atoms with Gasteiger partial charge in [-0.3, -0.25) is 14.4 Å². The van der Waals surface area contributed by atoms with Crippen molar-refractivity contribution in [3.05, 3.63) is 0 Å². The zero-order valence-corrected chi connectivity index (χ0v) is 10.2. The van der Waals surface area contributed by atoms with Gasteiger partial charge in [-0.25, -0.2) is 0 Å². The third-order valence-corrected chi connectivity index (χ3v) is 2.08. The summed E-state index contributed by atoms with van der Waals surface area (Å²) in [4.78, 5) is 32.8. The molecule has 0 spiro atoms. The van der Waals surface area contributed by atoms with E-state index in [1.54, 1.807) is 0 Å². The summed E-state index contributed by atoms with van der Waals surface area (Å²) in [5.74, 6) is -2.15. The molecule has 0 saturated heterocycles. The first-order valence-electron chi connectivity index (χ1n) is 5.16. The van der Waals surface area contributed by atoms with Crippen molar-refractivity contribution in [3.8, 4) is 0 Å². The molecule has 0 aliphatic heterocycles. The number of rotatable bonds is 5. The second kappa shape index (κ2) is 6.19. The summed E-state index contributed by atoms with van der Waals surface area (Å²) in [5.41, 5.74) is 5.26. The number of carbonyl (C=O) groups is 3. The fourth-order valence-corrected chi connectivity index (χ4v) is 0.907. The Labute approximate surface area is 99.7 Å². The molecule has 2 amide bonds. The van der Waals surface area contributed by atoms with Gasteiger partial charge in [-0.1, -0.05) is 20.8 Å². The molecule has 98 valence electrons. The number of carboxylic acid groups (broad SMARTS) is 1. The molecule has 1 atom stereocenters. The molecule has 0 aromatic heterocycles. The van der Waals surface area contributed by atoms with E-state index in [1.165, 1.54) is 0 Å². The van der Waals surface area contributed by atoms with E-state index >= 15 is 0 Å². The maximum Gasteiger partial charge on any atom is 0.322 e. The highest BCUT2D eigenvalue weighted by molar-refractivity contribution is 5.88. The van der Waals surface area contributed by atoms with E-state index in [9.17, 15) is 14.4 Å². The van der Waals surface area contributed by atoms with Crippen LogP contribution in [0.2, 0.25) is 0 Å². The Morgan fingerprint density at radius 3 is 2.12 bits per heavy atom. The number of nitrogens with two attached hydrogens (primary N) is 1. The van der Waals surface area contributed by atoms with E-state index in [0.717, 1.165) is 0 Å². The van der Waals surface area contributed by atoms with Crippen molar-refractivity contribution in [2.75, 3.05) is 13.1 Å². The van der Waals surface area contributed by atoms with E-state index in [-0.39, 0.29) is 6.54 Å². The summed E-state index contributed by atoms with van der Waals surface area (Å²) in [6.07, 6.45) is 0. The highest BCUT2D eigenvalue weighted by Gasteiger charge is 2.27. The number of carbonyl (C=O) groups excluding carboxylic acids is 2. The minimum Gasteiger partial charge on any atom is -0.480 e. The van der Waals surface area contributed by atoms with Gasteiger partial charge in [0.1, 0.15) is 6.54 Å². The van der Waals surface area contributed by atoms with Crippen molar-refractivity contribution >= 4 is 17.8 Å². The SMILES string of the molecule is CC(C)(C)C(N)C(=O)NCC(=O)NCC(=O)O. The van der Waals surface area contributed by atoms with Crippen molar-refractivity contribution in [2.45, 2.75) is 26.8 Å². The van der Waals surface area contributed by atoms with Crippen molar-refractivity contribution in [3.63, 3.8) is 0 Å². The summed E-state index contributed by atoms with van der Waals surface area (Å²) >= 11 is 0. The maximum atomic E-state index is 11.5. The number of hydrogen-bond acceptors (Lipinski definition) is 4. The van der Waals surface area contributed by atoms with Crippen LogP contribution in [0.25, 0.3) is 0 Å². The van der Waals surface area contributed by atoms with Gasteiger partial charge >= 0.3 is 5.97 Å². The monoisotopic (exact) mass is 245 g/mol. The van der Waals surface area contributed by atoms with Gasteiger partial charge in [0.25, 0.3) is 0 Å². The van der Waals surface area contributed by atoms with Crippen LogP contribution < -0.4 is 16.4 Å². The van der Waals surface area contributed by atoms with Crippen LogP contribution in [0.3, 0.4) is 0 Å². The molecule has 0 rings (SSSR count). The molecular weight excluding hydrogens is 226 g/mol. The van der Waals surface area contributed by atoms with Crippen molar-refractivity contribution in [1.29, 1.82) is 0 Å². The molecular formula is C10H19N3O4. The number of hydrogen-bond donors (Lipinski definition) is 4. The largest absolute Gasteiger partial charge is 0.480 e. The molecule has 0 radical (unpaired) electrons. The molecule has 5 N–H and O–H groups in total. The van der Waals surface area contributed by atoms with Gasteiger partial charge in [0.15, 0.2) is 0 Å². The molecule has 0 aromatic carbocycles. The Morgan fingerprint density at radius 2 is 1.71 bits per heavy atom. The molecule has 0 aromatic rings. The summed E-state index contributed by atoms with van der Waals surface area (Å²) in [6.45, 7) is 4.67. The van der Waals surface area contributed by atoms with Gasteiger partial charge in [0.05, 0.1) is 12.6 Å². The fraction of sp³-hybridized carbons (Fsp3) is 0.700. The Kier molecular flexibility index (Phi) is 5.60. The maximum absolute atomic E-state index is 11.5. The van der Waals surface area contributed by atoms with Crippen LogP contribution in [0.1, 0.15) is 20.8 Å². The fourth-order valence-electron chi connectivity index (χ4n) is 0.907. The number of nitrogens with one attached hydrogen (secondary N) is 2. The van der Waals surface area contributed by atoms with Crippen LogP contribution in [0.4, 0.5) is 0 Å². The Bertz CT molecular complexity index is 309. The van der Waals surface area contributed by atoms with Crippen LogP contribution in [0.15, 0.2) is 0 Å². The summed E-state index contributed by atoms with van der Waals surface area (Å²) < 4.78 is 0. The minimum atomic E-state index is -1.14. The van der Waals surface area contributed by atoms with Crippen LogP contribution in [0, 0.1) is 5.41 Å². The van der Waals surface area contributed by atoms with Crippen molar-refractivity contribution < 1.29 is 19.5 Å². The second-order valence-electron chi connectivity index (χ2n) is 4.73. The predicted molar refractivity (Wildman–Crippen MR) is 61.1 cm³/mol. The smallest absolute Gasteiger partial charge is 0.322 e. The summed E-state index contributed by atoms with van der Waals surface area (Å²) in [6, 6.07) is -0.727. The summed E-state index contributed by atoms with van der Waals surface area (Å²) in [7, 11) is 0. The van der Waals surface area contributed by atoms with Crippen LogP contribution in [-0.4, -0.2) is 42.0 Å². The lowest BCUT2D eigenvalue weighted by molar-refractivity contribution is -0.137. The lowest BCUT2D eigenvalue weighted by Crippen LogP contribution is -2.50. The molecule has 7 nitrogen and oxygen atoms in total. The quantitative estimate of drug-likeness (QED) is 0.478. The molecule has 0 aliphatic carbocycles. The molecule has 17 heavy (non-hydrogen) atoms. The molecule has 1 unspecified atom stereocenters. The first-order valence-corrected chi connectivity index (χ1v) is 5.16. The van der Waals surface area contributed by atoms with Gasteiger partial charge < -0.3 is 21.5 Å². The standard InChI is InChI=1S/C10H19N3O4/c1-10(2,3)8(11)9(17)13-4-6(14)12-5-7(15)16/h8H,4-5,11H2,1-3H3,(H,12,14)(H,13,17)(H,15,16). The first-order chi connectivity index (χ1) is 7.64. The van der Waals surface area contributed by atoms with Crippen LogP contribution in [-0.2, 0) is 14.4 Å². The zero-order chi connectivity index (χ0) is 13.6. The van der Waals surface area contributed by atoms with Gasteiger partial charge in [0.2, 0.25) is 11.8 Å². The normalized spacial score (nSPS) is 12.7. The number of aliphatic carboxylic acids is 1. The lowest BCUT2D eigenvalue weighted by atomic mass is 9.87. The Balaban J connectivity index is 4.00. The van der Waals surface area contributed by atoms with E-state index in [4.69, 9.17) is 10.8 Å². The number of carboxylic acids is 1. The Hall–Kier alpha value is -1.63. The van der Waals surface area contributed by atoms with Gasteiger partial charge in [0, 0.05) is 0 Å². The van der Waals surface area contributed by atoms with E-state index in [0.29, 0.717) is 0 Å². The summed E-state index contributed by atoms with van der Waals surface area (Å²) in [5, 5.41) is 12.8. The highest BCUT2D eigenvalue weighted by Crippen LogP contribution is 2.16. The molecule has 0 heterocycles. The van der Waals surface area contributed by atoms with Crippen LogP contribution >= 0.6 is 0 Å². The average molecular weight is 245 g/mol. The molecule has 0 aliphatic rings. The van der Waals surface area contributed by atoms with Gasteiger partial charge in [-0.05, 0) is 5.41 Å². The van der Waals surface area contributed by atoms with Crippen molar-refractivity contribution in [1.82, 2.24) is 10.6 Å². The lowest BCUT2D eigenvalue weighted by Gasteiger charge is -2.25. The second-order valence-corrected chi connectivity index (χ2v) is 4.73. The predicted octanol–water partition coefficient (Wildman–Crippen LogP) is -1.32. The molecule has 0 saturated carbocycles. The molecule has 0 bridgehead atoms. The van der Waals surface area contributed by atoms with Gasteiger partial charge in [-0.2, -0.15) is 0 Å².